The predicted octanol–water partition coefficient (Wildman–Crippen LogP) is 18.2. The number of benzene rings is 7. The molecule has 7 aromatic carbocycles. The maximum absolute atomic E-state index is 13.4. The zero-order valence-electron chi connectivity index (χ0n) is 90.5. The van der Waals surface area contributed by atoms with Crippen LogP contribution in [0.1, 0.15) is 148 Å². The minimum atomic E-state index is -4.02. The van der Waals surface area contributed by atoms with E-state index in [-0.39, 0.29) is 135 Å². The van der Waals surface area contributed by atoms with Gasteiger partial charge in [-0.3, -0.25) is 68.5 Å². The number of esters is 2. The van der Waals surface area contributed by atoms with Crippen LogP contribution in [-0.2, 0) is 73.1 Å². The van der Waals surface area contributed by atoms with Crippen LogP contribution in [0.2, 0.25) is 156 Å². The van der Waals surface area contributed by atoms with Gasteiger partial charge in [-0.05, 0) is 110 Å². The summed E-state index contributed by atoms with van der Waals surface area (Å²) in [5.74, 6) is 3.46. The summed E-state index contributed by atoms with van der Waals surface area (Å²) in [6.07, 6.45) is 13.9. The molecule has 3 atom stereocenters. The molecule has 0 amide bonds. The number of aromatic nitrogens is 3. The van der Waals surface area contributed by atoms with Crippen LogP contribution in [0.5, 0.6) is 0 Å². The van der Waals surface area contributed by atoms with Gasteiger partial charge in [0.25, 0.3) is 38.3 Å². The van der Waals surface area contributed by atoms with Crippen molar-refractivity contribution in [3.63, 3.8) is 0 Å². The summed E-state index contributed by atoms with van der Waals surface area (Å²) < 4.78 is 42.7. The van der Waals surface area contributed by atoms with Crippen LogP contribution in [0.25, 0.3) is 22.3 Å². The number of fused-ring (bicyclic) bond motifs is 7. The van der Waals surface area contributed by atoms with Crippen molar-refractivity contribution in [2.45, 2.75) is 263 Å². The topological polar surface area (TPSA) is 491 Å². The first kappa shape index (κ1) is 129. The number of rotatable bonds is 20. The standard InChI is InChI=1S/C25H28N2O4Si.C13H13NO5.C12H15NO3Si.C12H13NO3Si.2C12H19NOSi.C7H5NO3.C7H8O3S.C5H10Si.C5H9Si.Li/c1-5-25(30)19-12-21-22-17(13-27(21)23(28)18(19)14-31-24(25)29)15(10-11-32(2,3)4)16-8-6-7-9-20(16)26-22;1-2-13(18)8-5-9-10(15)3-4-14(9)11(16)7(8)6-19-12(13)17;2*1-17(2,3)9-8-12(14)10-6-4-5-7-11(10)13(15)16;2*1-15(2,3)9-8-12(14)10-6-4-5-7-11(10)13;9-5-6-3-1-2-4-7(6)8(10)11;1-6-2-4-7(5-3-6)11(8,9)10;2*1-5-6(2,3)4;/h6-9,12,30H,5,10-11,13-14H2,1-4H3;5,18H,2-4,6H2,1H3;4-7,12,14H,1-3H3;4-7H,1-3H3;2*4-7H,8-9,13H2,1-3H3;1-5H;2-5H,1H3,(H,8,9,10);1H,2-4H3;2-4H3;/q;;;;;;;;;-1;+1/t25-;13-;;;;;;;;;/m00........./s1. The summed E-state index contributed by atoms with van der Waals surface area (Å²) in [6, 6.07) is 53.0. The van der Waals surface area contributed by atoms with Crippen LogP contribution in [0.3, 0.4) is 0 Å². The van der Waals surface area contributed by atoms with E-state index in [4.69, 9.17) is 43.3 Å². The second-order valence-corrected chi connectivity index (χ2v) is 80.7. The third kappa shape index (κ3) is 39.5. The Morgan fingerprint density at radius 2 is 0.960 bits per heavy atom. The Kier molecular flexibility index (Phi) is 48.1. The van der Waals surface area contributed by atoms with E-state index >= 15 is 0 Å². The van der Waals surface area contributed by atoms with Crippen molar-refractivity contribution in [2.75, 3.05) is 11.5 Å². The van der Waals surface area contributed by atoms with E-state index in [9.17, 15) is 97.2 Å². The Hall–Kier alpha value is -12.9. The average molecular weight is 2180 g/mol. The van der Waals surface area contributed by atoms with Gasteiger partial charge in [0, 0.05) is 113 Å². The number of ketones is 4. The Balaban J connectivity index is 0.000000358. The van der Waals surface area contributed by atoms with Gasteiger partial charge in [-0.15, -0.1) is 23.1 Å². The van der Waals surface area contributed by atoms with Gasteiger partial charge in [0.2, 0.25) is 5.78 Å². The first-order chi connectivity index (χ1) is 68.9. The molecule has 0 radical (unpaired) electrons. The van der Waals surface area contributed by atoms with Crippen LogP contribution in [0, 0.1) is 84.1 Å². The molecule has 14 rings (SSSR count). The number of nitrogens with two attached hydrogens (primary N) is 2. The van der Waals surface area contributed by atoms with Crippen molar-refractivity contribution in [3.05, 3.63) is 312 Å². The number of aliphatic hydroxyl groups excluding tert-OH is 1. The SMILES string of the molecule is C#C[Si](C)(C)C.CC[C@@]1(O)C(=O)OCc2c1cc1n(c2=O)CCC1=O.CC[C@@]1(O)C(=O)OCc2c1cc1n(c2=O)Cc2c-1nc1ccccc1c2CC[Si](C)(C)C.C[Si](C)(C)C#CC(=O)c1ccccc1[N+](=O)[O-].C[Si](C)(C)C#CC(O)c1ccccc1[N+](=O)[O-].C[Si](C)(C)CCC(=O)c1ccccc1N.C[Si](C)(C)CCC(=O)c1ccccc1N.Cc1ccc(S(=O)(=O)O)cc1.O=Cc1ccccc1[N+](=O)[O-].[C-]#C[Si](C)(C)C.[Li+]. The number of nitrogens with zero attached hydrogens (tertiary/aromatic N) is 6. The molecule has 4 aliphatic rings. The van der Waals surface area contributed by atoms with E-state index in [1.807, 2.05) is 101 Å². The molecule has 0 spiro atoms. The minimum Gasteiger partial charge on any atom is -0.701 e. The number of aliphatic hydroxyl groups is 3. The predicted molar refractivity (Wildman–Crippen MR) is 606 cm³/mol. The van der Waals surface area contributed by atoms with Gasteiger partial charge in [-0.25, -0.2) is 14.6 Å². The average Bonchev–Trinajstić information content (AvgIpc) is 1.56. The fourth-order valence-electron chi connectivity index (χ4n) is 14.2. The van der Waals surface area contributed by atoms with Crippen molar-refractivity contribution in [1.82, 2.24) is 14.1 Å². The number of anilines is 2. The Morgan fingerprint density at radius 1 is 0.553 bits per heavy atom. The number of nitro benzene ring substituents is 3. The molecule has 1 unspecified atom stereocenters. The number of ether oxygens (including phenoxy) is 2. The second-order valence-electron chi connectivity index (χ2n) is 43.4. The maximum atomic E-state index is 13.4. The number of hydrogen-bond donors (Lipinski definition) is 6. The smallest absolute Gasteiger partial charge is 0.701 e. The third-order valence-electron chi connectivity index (χ3n) is 22.8. The number of carbonyl (C=O) groups excluding carboxylic acids is 7. The molecule has 792 valence electrons. The van der Waals surface area contributed by atoms with Crippen LogP contribution >= 0.6 is 0 Å². The number of hydrogen-bond acceptors (Lipinski definition) is 25. The largest absolute Gasteiger partial charge is 1.00 e. The molecule has 3 aromatic heterocycles. The molecular weight excluding hydrogens is 2040 g/mol. The summed E-state index contributed by atoms with van der Waals surface area (Å²) in [6.45, 7) is 51.3. The zero-order chi connectivity index (χ0) is 113. The number of Topliss-reactive ketones (excluding diaryl/α,β-unsaturated/α-hetero) is 4. The molecular formula is C110H139LiN8O23SSi7. The van der Waals surface area contributed by atoms with Gasteiger partial charge >= 0.3 is 30.8 Å². The van der Waals surface area contributed by atoms with Crippen molar-refractivity contribution in [3.8, 4) is 51.8 Å². The normalized spacial score (nSPS) is 14.5. The monoisotopic (exact) mass is 2170 g/mol. The molecule has 0 bridgehead atoms. The molecule has 0 saturated carbocycles. The molecule has 31 nitrogen and oxygen atoms in total. The van der Waals surface area contributed by atoms with E-state index < -0.39 is 116 Å². The van der Waals surface area contributed by atoms with E-state index in [1.54, 1.807) is 73.0 Å². The van der Waals surface area contributed by atoms with Crippen LogP contribution < -0.4 is 41.4 Å². The van der Waals surface area contributed by atoms with Gasteiger partial charge in [0.05, 0.1) is 79.1 Å². The van der Waals surface area contributed by atoms with Crippen molar-refractivity contribution in [1.29, 1.82) is 0 Å². The number of terminal acetylenes is 1. The molecule has 40 heteroatoms. The maximum Gasteiger partial charge on any atom is 1.00 e. The van der Waals surface area contributed by atoms with Gasteiger partial charge < -0.3 is 57.4 Å². The summed E-state index contributed by atoms with van der Waals surface area (Å²) in [7, 11) is -13.1. The van der Waals surface area contributed by atoms with E-state index in [1.165, 1.54) is 76.9 Å². The Morgan fingerprint density at radius 3 is 1.37 bits per heavy atom. The first-order valence-electron chi connectivity index (χ1n) is 48.3. The van der Waals surface area contributed by atoms with Crippen LogP contribution in [0.4, 0.5) is 28.4 Å². The molecule has 0 aliphatic carbocycles. The van der Waals surface area contributed by atoms with Crippen molar-refractivity contribution >= 4 is 147 Å². The Labute approximate surface area is 898 Å². The Bertz CT molecular complexity index is 7000. The third-order valence-corrected chi connectivity index (χ3v) is 32.3. The molecule has 0 saturated heterocycles. The number of nitro groups is 3. The summed E-state index contributed by atoms with van der Waals surface area (Å²) in [4.78, 5) is 142. The summed E-state index contributed by atoms with van der Waals surface area (Å²) in [5.41, 5.74) is 28.1. The fraction of sp³-hybridized carbons (Fsp3) is 0.364. The quantitative estimate of drug-likeness (QED) is 0.00394. The molecule has 8 N–H and O–H groups in total. The number of aldehydes is 1. The van der Waals surface area contributed by atoms with Crippen LogP contribution in [-0.4, -0.2) is 155 Å². The number of pyridine rings is 3. The van der Waals surface area contributed by atoms with E-state index in [0.29, 0.717) is 71.5 Å². The van der Waals surface area contributed by atoms with Gasteiger partial charge in [-0.2, -0.15) is 8.42 Å². The fourth-order valence-corrected chi connectivity index (χ4v) is 18.7. The minimum absolute atomic E-state index is 0. The summed E-state index contributed by atoms with van der Waals surface area (Å²) in [5, 5.41) is 64.2. The molecule has 0 fully saturated rings. The molecule has 10 aromatic rings. The van der Waals surface area contributed by atoms with Gasteiger partial charge in [0.15, 0.2) is 34.8 Å². The molecule has 150 heavy (non-hydrogen) atoms. The van der Waals surface area contributed by atoms with Gasteiger partial charge in [-0.1, -0.05) is 272 Å². The molecule has 7 heterocycles. The van der Waals surface area contributed by atoms with E-state index in [0.717, 1.165) is 52.3 Å². The summed E-state index contributed by atoms with van der Waals surface area (Å²) >= 11 is 0. The number of nitrogen functional groups attached to an aromatic ring is 2. The zero-order valence-corrected chi connectivity index (χ0v) is 98.4. The van der Waals surface area contributed by atoms with Crippen molar-refractivity contribution in [2.24, 2.45) is 0 Å². The van der Waals surface area contributed by atoms with Crippen LogP contribution in [0.15, 0.2) is 196 Å². The number of carbonyl (C=O) groups is 7. The van der Waals surface area contributed by atoms with E-state index in [2.05, 4.69) is 138 Å². The molecule has 4 aliphatic heterocycles. The number of cyclic esters (lactones) is 2. The number of aryl methyl sites for hydroxylation is 2. The second kappa shape index (κ2) is 55.7. The van der Waals surface area contributed by atoms with Crippen molar-refractivity contribution < 1.29 is 105 Å². The number of para-hydroxylation sites is 6. The van der Waals surface area contributed by atoms with Gasteiger partial charge in [0.1, 0.15) is 49.1 Å². The first-order valence-corrected chi connectivity index (χ1v) is 74.9.